The van der Waals surface area contributed by atoms with E-state index in [0.29, 0.717) is 5.56 Å². The number of aryl methyl sites for hydroxylation is 2. The average molecular weight is 395 g/mol. The van der Waals surface area contributed by atoms with Crippen LogP contribution in [0.5, 0.6) is 0 Å². The summed E-state index contributed by atoms with van der Waals surface area (Å²) in [5, 5.41) is 23.1. The molecule has 0 radical (unpaired) electrons. The van der Waals surface area contributed by atoms with Crippen LogP contribution in [0.3, 0.4) is 0 Å². The van der Waals surface area contributed by atoms with E-state index in [1.165, 1.54) is 24.3 Å². The highest BCUT2D eigenvalue weighted by molar-refractivity contribution is 7.80. The average Bonchev–Trinajstić information content (AvgIpc) is 2.63. The zero-order chi connectivity index (χ0) is 20.7. The highest BCUT2D eigenvalue weighted by Crippen LogP contribution is 2.16. The molecule has 2 rings (SSSR count). The van der Waals surface area contributed by atoms with Gasteiger partial charge >= 0.3 is 0 Å². The van der Waals surface area contributed by atoms with E-state index in [1.807, 2.05) is 32.0 Å². The van der Waals surface area contributed by atoms with E-state index in [1.54, 1.807) is 12.1 Å². The number of amides is 1. The first-order chi connectivity index (χ1) is 13.3. The molecule has 142 valence electrons. The van der Waals surface area contributed by atoms with Crippen molar-refractivity contribution in [1.29, 1.82) is 5.26 Å². The van der Waals surface area contributed by atoms with E-state index >= 15 is 0 Å². The van der Waals surface area contributed by atoms with Gasteiger partial charge in [-0.2, -0.15) is 5.26 Å². The van der Waals surface area contributed by atoms with Gasteiger partial charge in [-0.15, -0.1) is 0 Å². The number of hydrazine groups is 1. The van der Waals surface area contributed by atoms with Gasteiger partial charge in [0.15, 0.2) is 5.11 Å². The maximum absolute atomic E-state index is 12.2. The normalized spacial score (nSPS) is 10.5. The number of nitro groups is 1. The lowest BCUT2D eigenvalue weighted by atomic mass is 10.1. The number of rotatable bonds is 4. The Hall–Kier alpha value is -3.77. The topological polar surface area (TPSA) is 120 Å². The molecule has 0 atom stereocenters. The molecule has 0 aliphatic heterocycles. The third-order valence-corrected chi connectivity index (χ3v) is 3.73. The van der Waals surface area contributed by atoms with E-state index in [4.69, 9.17) is 12.2 Å². The second kappa shape index (κ2) is 9.25. The minimum absolute atomic E-state index is 0.136. The number of anilines is 1. The zero-order valence-electron chi connectivity index (χ0n) is 15.1. The second-order valence-corrected chi connectivity index (χ2v) is 6.34. The highest BCUT2D eigenvalue weighted by Gasteiger charge is 2.11. The van der Waals surface area contributed by atoms with Crippen molar-refractivity contribution in [3.63, 3.8) is 0 Å². The Labute approximate surface area is 167 Å². The molecule has 2 aromatic carbocycles. The van der Waals surface area contributed by atoms with Gasteiger partial charge in [-0.25, -0.2) is 0 Å². The molecule has 0 aromatic heterocycles. The molecule has 8 nitrogen and oxygen atoms in total. The van der Waals surface area contributed by atoms with Crippen LogP contribution in [0.4, 0.5) is 11.4 Å². The summed E-state index contributed by atoms with van der Waals surface area (Å²) in [4.78, 5) is 22.4. The van der Waals surface area contributed by atoms with Crippen LogP contribution in [0.2, 0.25) is 0 Å². The Morgan fingerprint density at radius 1 is 1.18 bits per heavy atom. The molecule has 0 aliphatic carbocycles. The number of nitriles is 1. The quantitative estimate of drug-likeness (QED) is 0.239. The van der Waals surface area contributed by atoms with Crippen LogP contribution < -0.4 is 16.2 Å². The number of nitro benzene ring substituents is 1. The van der Waals surface area contributed by atoms with Gasteiger partial charge in [-0.1, -0.05) is 18.2 Å². The summed E-state index contributed by atoms with van der Waals surface area (Å²) < 4.78 is 0. The minimum Gasteiger partial charge on any atom is -0.331 e. The SMILES string of the molecule is Cc1cc(C)cc(NC(=S)NNC(=O)/C(C#N)=C\c2cccc([N+](=O)[O-])c2)c1. The number of hydrogen-bond donors (Lipinski definition) is 3. The van der Waals surface area contributed by atoms with Crippen molar-refractivity contribution < 1.29 is 9.72 Å². The van der Waals surface area contributed by atoms with Gasteiger partial charge in [-0.05, 0) is 61.0 Å². The standard InChI is InChI=1S/C19H17N5O3S/c1-12-6-13(2)8-16(7-12)21-19(28)23-22-18(25)15(11-20)9-14-4-3-5-17(10-14)24(26)27/h3-10H,1-2H3,(H,22,25)(H2,21,23,28)/b15-9-. The number of nitrogens with zero attached hydrogens (tertiary/aromatic N) is 2. The zero-order valence-corrected chi connectivity index (χ0v) is 16.0. The number of carbonyl (C=O) groups excluding carboxylic acids is 1. The van der Waals surface area contributed by atoms with Gasteiger partial charge in [0.25, 0.3) is 11.6 Å². The summed E-state index contributed by atoms with van der Waals surface area (Å²) in [6, 6.07) is 13.2. The molecule has 0 saturated heterocycles. The molecule has 9 heteroatoms. The third kappa shape index (κ3) is 5.89. The molecule has 0 fully saturated rings. The third-order valence-electron chi connectivity index (χ3n) is 3.53. The Kier molecular flexibility index (Phi) is 6.79. The van der Waals surface area contributed by atoms with Crippen molar-refractivity contribution in [2.45, 2.75) is 13.8 Å². The Morgan fingerprint density at radius 2 is 1.86 bits per heavy atom. The molecule has 0 unspecified atom stereocenters. The van der Waals surface area contributed by atoms with Crippen molar-refractivity contribution in [2.24, 2.45) is 0 Å². The fraction of sp³-hybridized carbons (Fsp3) is 0.105. The number of nitrogens with one attached hydrogen (secondary N) is 3. The van der Waals surface area contributed by atoms with Crippen molar-refractivity contribution >= 4 is 40.7 Å². The molecule has 1 amide bonds. The molecule has 0 spiro atoms. The monoisotopic (exact) mass is 395 g/mol. The van der Waals surface area contributed by atoms with Crippen LogP contribution in [0, 0.1) is 35.3 Å². The summed E-state index contributed by atoms with van der Waals surface area (Å²) in [6.07, 6.45) is 1.25. The molecule has 0 saturated carbocycles. The molecule has 0 bridgehead atoms. The lowest BCUT2D eigenvalue weighted by Crippen LogP contribution is -2.44. The smallest absolute Gasteiger partial charge is 0.280 e. The van der Waals surface area contributed by atoms with Gasteiger partial charge < -0.3 is 5.32 Å². The van der Waals surface area contributed by atoms with Crippen molar-refractivity contribution in [3.05, 3.63) is 74.8 Å². The van der Waals surface area contributed by atoms with Crippen molar-refractivity contribution in [2.75, 3.05) is 5.32 Å². The van der Waals surface area contributed by atoms with Gasteiger partial charge in [0.1, 0.15) is 11.6 Å². The summed E-state index contributed by atoms with van der Waals surface area (Å²) in [5.41, 5.74) is 7.71. The molecule has 2 aromatic rings. The molecule has 0 aliphatic rings. The molecule has 3 N–H and O–H groups in total. The van der Waals surface area contributed by atoms with Crippen LogP contribution in [-0.4, -0.2) is 15.9 Å². The number of hydrogen-bond acceptors (Lipinski definition) is 5. The molecular weight excluding hydrogens is 378 g/mol. The van der Waals surface area contributed by atoms with Crippen LogP contribution >= 0.6 is 12.2 Å². The number of non-ortho nitro benzene ring substituents is 1. The van der Waals surface area contributed by atoms with Crippen LogP contribution in [-0.2, 0) is 4.79 Å². The fourth-order valence-electron chi connectivity index (χ4n) is 2.43. The summed E-state index contributed by atoms with van der Waals surface area (Å²) in [6.45, 7) is 3.91. The summed E-state index contributed by atoms with van der Waals surface area (Å²) in [5.74, 6) is -0.724. The van der Waals surface area contributed by atoms with E-state index in [9.17, 15) is 20.2 Å². The summed E-state index contributed by atoms with van der Waals surface area (Å²) in [7, 11) is 0. The predicted molar refractivity (Wildman–Crippen MR) is 110 cm³/mol. The van der Waals surface area contributed by atoms with Gasteiger partial charge in [0.05, 0.1) is 4.92 Å². The van der Waals surface area contributed by atoms with Crippen LogP contribution in [0.15, 0.2) is 48.0 Å². The summed E-state index contributed by atoms with van der Waals surface area (Å²) >= 11 is 5.12. The van der Waals surface area contributed by atoms with Gasteiger partial charge in [-0.3, -0.25) is 25.8 Å². The minimum atomic E-state index is -0.724. The molecule has 28 heavy (non-hydrogen) atoms. The van der Waals surface area contributed by atoms with E-state index in [0.717, 1.165) is 16.8 Å². The molecular formula is C19H17N5O3S. The first-order valence-electron chi connectivity index (χ1n) is 8.10. The fourth-order valence-corrected chi connectivity index (χ4v) is 2.60. The molecule has 0 heterocycles. The van der Waals surface area contributed by atoms with Crippen molar-refractivity contribution in [1.82, 2.24) is 10.9 Å². The maximum atomic E-state index is 12.2. The van der Waals surface area contributed by atoms with Crippen molar-refractivity contribution in [3.8, 4) is 6.07 Å². The lowest BCUT2D eigenvalue weighted by Gasteiger charge is -2.12. The Bertz CT molecular complexity index is 991. The first kappa shape index (κ1) is 20.5. The second-order valence-electron chi connectivity index (χ2n) is 5.93. The predicted octanol–water partition coefficient (Wildman–Crippen LogP) is 3.14. The Morgan fingerprint density at radius 3 is 2.46 bits per heavy atom. The largest absolute Gasteiger partial charge is 0.331 e. The number of benzene rings is 2. The van der Waals surface area contributed by atoms with Gasteiger partial charge in [0.2, 0.25) is 0 Å². The number of thiocarbonyl (C=S) groups is 1. The lowest BCUT2D eigenvalue weighted by molar-refractivity contribution is -0.384. The first-order valence-corrected chi connectivity index (χ1v) is 8.51. The van der Waals surface area contributed by atoms with Crippen LogP contribution in [0.25, 0.3) is 6.08 Å². The van der Waals surface area contributed by atoms with E-state index in [-0.39, 0.29) is 16.4 Å². The van der Waals surface area contributed by atoms with E-state index < -0.39 is 10.8 Å². The maximum Gasteiger partial charge on any atom is 0.280 e. The van der Waals surface area contributed by atoms with Crippen LogP contribution in [0.1, 0.15) is 16.7 Å². The Balaban J connectivity index is 2.02. The van der Waals surface area contributed by atoms with Gasteiger partial charge in [0, 0.05) is 17.8 Å². The highest BCUT2D eigenvalue weighted by atomic mass is 32.1. The van der Waals surface area contributed by atoms with E-state index in [2.05, 4.69) is 16.2 Å². The number of carbonyl (C=O) groups is 1.